The molecule has 0 saturated heterocycles. The highest BCUT2D eigenvalue weighted by atomic mass is 15.0. The molecular weight excluding hydrogens is 186 g/mol. The summed E-state index contributed by atoms with van der Waals surface area (Å²) in [6, 6.07) is 8.37. The van der Waals surface area contributed by atoms with E-state index in [4.69, 9.17) is 5.73 Å². The molecule has 0 bridgehead atoms. The second-order valence-electron chi connectivity index (χ2n) is 3.66. The Bertz CT molecular complexity index is 401. The highest BCUT2D eigenvalue weighted by Crippen LogP contribution is 2.13. The molecule has 1 heterocycles. The van der Waals surface area contributed by atoms with Crippen LogP contribution in [0.5, 0.6) is 0 Å². The molecule has 78 valence electrons. The number of nitrogens with zero attached hydrogens (tertiary/aromatic N) is 1. The van der Waals surface area contributed by atoms with E-state index >= 15 is 0 Å². The summed E-state index contributed by atoms with van der Waals surface area (Å²) in [5.41, 5.74) is 9.19. The molecular formula is C12H15N3. The van der Waals surface area contributed by atoms with Crippen molar-refractivity contribution in [3.8, 4) is 0 Å². The van der Waals surface area contributed by atoms with E-state index in [9.17, 15) is 0 Å². The SMILES string of the molecule is Cc1ccc(C2=CC(N)=NCCN2)cc1. The van der Waals surface area contributed by atoms with Crippen LogP contribution in [0.15, 0.2) is 35.3 Å². The first kappa shape index (κ1) is 9.77. The van der Waals surface area contributed by atoms with Crippen molar-refractivity contribution in [2.75, 3.05) is 13.1 Å². The van der Waals surface area contributed by atoms with E-state index in [1.165, 1.54) is 5.56 Å². The van der Waals surface area contributed by atoms with E-state index in [0.29, 0.717) is 5.84 Å². The Morgan fingerprint density at radius 2 is 2.00 bits per heavy atom. The van der Waals surface area contributed by atoms with Crippen molar-refractivity contribution in [3.63, 3.8) is 0 Å². The predicted octanol–water partition coefficient (Wildman–Crippen LogP) is 1.30. The van der Waals surface area contributed by atoms with Crippen LogP contribution >= 0.6 is 0 Å². The number of aryl methyl sites for hydroxylation is 1. The summed E-state index contributed by atoms with van der Waals surface area (Å²) in [4.78, 5) is 4.17. The number of nitrogens with one attached hydrogen (secondary N) is 1. The molecule has 0 aliphatic carbocycles. The lowest BCUT2D eigenvalue weighted by Crippen LogP contribution is -2.14. The maximum atomic E-state index is 5.73. The van der Waals surface area contributed by atoms with Gasteiger partial charge in [0.15, 0.2) is 0 Å². The van der Waals surface area contributed by atoms with Gasteiger partial charge in [0.1, 0.15) is 5.84 Å². The number of amidine groups is 1. The molecule has 0 atom stereocenters. The Morgan fingerprint density at radius 3 is 2.73 bits per heavy atom. The van der Waals surface area contributed by atoms with Crippen molar-refractivity contribution in [1.82, 2.24) is 5.32 Å². The molecule has 0 aromatic heterocycles. The van der Waals surface area contributed by atoms with E-state index in [-0.39, 0.29) is 0 Å². The average molecular weight is 201 g/mol. The lowest BCUT2D eigenvalue weighted by atomic mass is 10.1. The molecule has 0 radical (unpaired) electrons. The zero-order valence-corrected chi connectivity index (χ0v) is 8.83. The molecule has 3 heteroatoms. The summed E-state index contributed by atoms with van der Waals surface area (Å²) >= 11 is 0. The van der Waals surface area contributed by atoms with Crippen molar-refractivity contribution < 1.29 is 0 Å². The van der Waals surface area contributed by atoms with E-state index in [2.05, 4.69) is 41.5 Å². The van der Waals surface area contributed by atoms with Gasteiger partial charge in [-0.25, -0.2) is 0 Å². The van der Waals surface area contributed by atoms with Crippen LogP contribution < -0.4 is 11.1 Å². The highest BCUT2D eigenvalue weighted by molar-refractivity contribution is 5.98. The summed E-state index contributed by atoms with van der Waals surface area (Å²) in [5, 5.41) is 3.31. The van der Waals surface area contributed by atoms with Gasteiger partial charge >= 0.3 is 0 Å². The average Bonchev–Trinajstić information content (AvgIpc) is 2.44. The van der Waals surface area contributed by atoms with Crippen LogP contribution in [0.4, 0.5) is 0 Å². The zero-order valence-electron chi connectivity index (χ0n) is 8.83. The van der Waals surface area contributed by atoms with Crippen LogP contribution in [0.25, 0.3) is 5.70 Å². The number of hydrogen-bond donors (Lipinski definition) is 2. The van der Waals surface area contributed by atoms with Gasteiger partial charge in [0.25, 0.3) is 0 Å². The van der Waals surface area contributed by atoms with E-state index in [1.54, 1.807) is 0 Å². The van der Waals surface area contributed by atoms with Gasteiger partial charge in [0, 0.05) is 18.3 Å². The van der Waals surface area contributed by atoms with E-state index in [1.807, 2.05) is 6.08 Å². The van der Waals surface area contributed by atoms with Crippen molar-refractivity contribution >= 4 is 11.5 Å². The van der Waals surface area contributed by atoms with Crippen LogP contribution in [0.3, 0.4) is 0 Å². The highest BCUT2D eigenvalue weighted by Gasteiger charge is 2.04. The molecule has 0 amide bonds. The van der Waals surface area contributed by atoms with Gasteiger partial charge in [-0.3, -0.25) is 4.99 Å². The minimum absolute atomic E-state index is 0.593. The summed E-state index contributed by atoms with van der Waals surface area (Å²) < 4.78 is 0. The molecule has 0 saturated carbocycles. The fourth-order valence-corrected chi connectivity index (χ4v) is 1.54. The molecule has 0 unspecified atom stereocenters. The molecule has 0 fully saturated rings. The van der Waals surface area contributed by atoms with Crippen LogP contribution in [0.1, 0.15) is 11.1 Å². The molecule has 3 nitrogen and oxygen atoms in total. The van der Waals surface area contributed by atoms with Gasteiger partial charge in [-0.1, -0.05) is 29.8 Å². The lowest BCUT2D eigenvalue weighted by molar-refractivity contribution is 0.866. The maximum Gasteiger partial charge on any atom is 0.120 e. The fraction of sp³-hybridized carbons (Fsp3) is 0.250. The monoisotopic (exact) mass is 201 g/mol. The van der Waals surface area contributed by atoms with Gasteiger partial charge in [0.2, 0.25) is 0 Å². The smallest absolute Gasteiger partial charge is 0.120 e. The number of rotatable bonds is 1. The van der Waals surface area contributed by atoms with Gasteiger partial charge in [-0.05, 0) is 12.5 Å². The molecule has 1 aromatic rings. The second kappa shape index (κ2) is 4.17. The molecule has 15 heavy (non-hydrogen) atoms. The zero-order chi connectivity index (χ0) is 10.7. The normalized spacial score (nSPS) is 16.1. The Morgan fingerprint density at radius 1 is 1.27 bits per heavy atom. The predicted molar refractivity (Wildman–Crippen MR) is 63.6 cm³/mol. The third-order valence-electron chi connectivity index (χ3n) is 2.38. The summed E-state index contributed by atoms with van der Waals surface area (Å²) in [5.74, 6) is 0.593. The van der Waals surface area contributed by atoms with Gasteiger partial charge in [0.05, 0.1) is 6.54 Å². The second-order valence-corrected chi connectivity index (χ2v) is 3.66. The van der Waals surface area contributed by atoms with Crippen molar-refractivity contribution in [2.24, 2.45) is 10.7 Å². The standard InChI is InChI=1S/C12H15N3/c1-9-2-4-10(5-3-9)11-8-12(13)15-7-6-14-11/h2-5,8,14H,6-7H2,1H3,(H2,13,15). The molecule has 1 aromatic carbocycles. The number of aliphatic imine (C=N–C) groups is 1. The third kappa shape index (κ3) is 2.37. The quantitative estimate of drug-likeness (QED) is 0.719. The minimum Gasteiger partial charge on any atom is -0.384 e. The first-order chi connectivity index (χ1) is 7.25. The Labute approximate surface area is 89.7 Å². The van der Waals surface area contributed by atoms with E-state index < -0.39 is 0 Å². The van der Waals surface area contributed by atoms with Crippen LogP contribution in [-0.4, -0.2) is 18.9 Å². The first-order valence-corrected chi connectivity index (χ1v) is 5.08. The number of nitrogens with two attached hydrogens (primary N) is 1. The number of benzene rings is 1. The molecule has 2 rings (SSSR count). The Kier molecular flexibility index (Phi) is 2.72. The van der Waals surface area contributed by atoms with Gasteiger partial charge < -0.3 is 11.1 Å². The molecule has 0 spiro atoms. The minimum atomic E-state index is 0.593. The Balaban J connectivity index is 2.30. The fourth-order valence-electron chi connectivity index (χ4n) is 1.54. The summed E-state index contributed by atoms with van der Waals surface area (Å²) in [6.07, 6.45) is 1.89. The molecule has 1 aliphatic rings. The lowest BCUT2D eigenvalue weighted by Gasteiger charge is -2.08. The van der Waals surface area contributed by atoms with Crippen molar-refractivity contribution in [1.29, 1.82) is 0 Å². The van der Waals surface area contributed by atoms with Crippen LogP contribution in [0, 0.1) is 6.92 Å². The maximum absolute atomic E-state index is 5.73. The largest absolute Gasteiger partial charge is 0.384 e. The molecule has 3 N–H and O–H groups in total. The van der Waals surface area contributed by atoms with E-state index in [0.717, 1.165) is 24.4 Å². The van der Waals surface area contributed by atoms with Gasteiger partial charge in [-0.15, -0.1) is 0 Å². The van der Waals surface area contributed by atoms with Crippen LogP contribution in [-0.2, 0) is 0 Å². The summed E-state index contributed by atoms with van der Waals surface area (Å²) in [6.45, 7) is 3.65. The first-order valence-electron chi connectivity index (χ1n) is 5.08. The molecule has 1 aliphatic heterocycles. The van der Waals surface area contributed by atoms with Crippen molar-refractivity contribution in [3.05, 3.63) is 41.5 Å². The van der Waals surface area contributed by atoms with Crippen molar-refractivity contribution in [2.45, 2.75) is 6.92 Å². The third-order valence-corrected chi connectivity index (χ3v) is 2.38. The van der Waals surface area contributed by atoms with Crippen LogP contribution in [0.2, 0.25) is 0 Å². The number of hydrogen-bond acceptors (Lipinski definition) is 3. The van der Waals surface area contributed by atoms with Gasteiger partial charge in [-0.2, -0.15) is 0 Å². The summed E-state index contributed by atoms with van der Waals surface area (Å²) in [7, 11) is 0. The Hall–Kier alpha value is -1.77. The topological polar surface area (TPSA) is 50.4 Å².